The van der Waals surface area contributed by atoms with Crippen molar-refractivity contribution < 1.29 is 14.9 Å². The molecule has 4 atom stereocenters. The van der Waals surface area contributed by atoms with Crippen LogP contribution in [-0.4, -0.2) is 44.1 Å². The first-order valence-electron chi connectivity index (χ1n) is 5.46. The lowest BCUT2D eigenvalue weighted by Gasteiger charge is -2.27. The van der Waals surface area contributed by atoms with E-state index in [1.165, 1.54) is 0 Å². The van der Waals surface area contributed by atoms with Gasteiger partial charge in [-0.2, -0.15) is 0 Å². The van der Waals surface area contributed by atoms with Crippen LogP contribution < -0.4 is 17.0 Å². The standard InChI is InChI=1S/C11H13N3O5/c1-2-11(12)8(17)6(5-15)19-9(11)14-4-3-7(16)13-10(14)18/h1,3-4,6,8-9,15,17H,5,12H2,(H,13,16,18)/t6-,8+,9-,11?/m1/s1. The predicted octanol–water partition coefficient (Wildman–Crippen LogP) is -2.88. The molecule has 0 spiro atoms. The number of aliphatic hydroxyl groups excluding tert-OH is 2. The van der Waals surface area contributed by atoms with Gasteiger partial charge in [0.05, 0.1) is 6.61 Å². The van der Waals surface area contributed by atoms with E-state index in [2.05, 4.69) is 5.92 Å². The lowest BCUT2D eigenvalue weighted by Crippen LogP contribution is -2.55. The van der Waals surface area contributed by atoms with E-state index in [4.69, 9.17) is 22.0 Å². The topological polar surface area (TPSA) is 131 Å². The average Bonchev–Trinajstić information content (AvgIpc) is 2.63. The minimum absolute atomic E-state index is 0.504. The fraction of sp³-hybridized carbons (Fsp3) is 0.455. The number of aliphatic hydroxyl groups is 2. The van der Waals surface area contributed by atoms with Gasteiger partial charge in [0.1, 0.15) is 12.2 Å². The highest BCUT2D eigenvalue weighted by Crippen LogP contribution is 2.35. The van der Waals surface area contributed by atoms with Gasteiger partial charge in [-0.15, -0.1) is 6.42 Å². The van der Waals surface area contributed by atoms with Crippen LogP contribution in [0.3, 0.4) is 0 Å². The van der Waals surface area contributed by atoms with Crippen LogP contribution in [0.1, 0.15) is 6.23 Å². The third kappa shape index (κ3) is 1.98. The monoisotopic (exact) mass is 267 g/mol. The lowest BCUT2D eigenvalue weighted by molar-refractivity contribution is -0.0477. The Hall–Kier alpha value is -1.92. The number of aromatic nitrogens is 2. The lowest BCUT2D eigenvalue weighted by atomic mass is 9.92. The van der Waals surface area contributed by atoms with Crippen LogP contribution in [0.5, 0.6) is 0 Å². The molecule has 1 aliphatic heterocycles. The first-order chi connectivity index (χ1) is 8.93. The zero-order valence-electron chi connectivity index (χ0n) is 9.81. The number of H-pyrrole nitrogens is 1. The van der Waals surface area contributed by atoms with E-state index < -0.39 is 41.8 Å². The van der Waals surface area contributed by atoms with E-state index in [-0.39, 0.29) is 0 Å². The van der Waals surface area contributed by atoms with E-state index in [1.54, 1.807) is 0 Å². The number of hydrogen-bond acceptors (Lipinski definition) is 6. The predicted molar refractivity (Wildman–Crippen MR) is 64.1 cm³/mol. The van der Waals surface area contributed by atoms with Crippen LogP contribution in [0.4, 0.5) is 0 Å². The van der Waals surface area contributed by atoms with Crippen molar-refractivity contribution >= 4 is 0 Å². The molecule has 1 aromatic rings. The molecule has 0 bridgehead atoms. The maximum Gasteiger partial charge on any atom is 0.330 e. The van der Waals surface area contributed by atoms with E-state index in [0.717, 1.165) is 16.8 Å². The second-order valence-electron chi connectivity index (χ2n) is 4.25. The Balaban J connectivity index is 2.52. The average molecular weight is 267 g/mol. The highest BCUT2D eigenvalue weighted by Gasteiger charge is 2.54. The van der Waals surface area contributed by atoms with Gasteiger partial charge >= 0.3 is 5.69 Å². The van der Waals surface area contributed by atoms with E-state index in [0.29, 0.717) is 0 Å². The zero-order valence-corrected chi connectivity index (χ0v) is 9.81. The Morgan fingerprint density at radius 2 is 2.32 bits per heavy atom. The summed E-state index contributed by atoms with van der Waals surface area (Å²) in [7, 11) is 0. The van der Waals surface area contributed by atoms with Crippen molar-refractivity contribution in [2.24, 2.45) is 5.73 Å². The highest BCUT2D eigenvalue weighted by molar-refractivity contribution is 5.22. The van der Waals surface area contributed by atoms with Gasteiger partial charge in [-0.1, -0.05) is 5.92 Å². The summed E-state index contributed by atoms with van der Waals surface area (Å²) in [5.74, 6) is 2.18. The van der Waals surface area contributed by atoms with Crippen molar-refractivity contribution in [3.05, 3.63) is 33.1 Å². The summed E-state index contributed by atoms with van der Waals surface area (Å²) in [5, 5.41) is 19.0. The molecule has 0 aromatic carbocycles. The Kier molecular flexibility index (Phi) is 3.30. The summed E-state index contributed by atoms with van der Waals surface area (Å²) >= 11 is 0. The molecule has 0 radical (unpaired) electrons. The molecule has 0 aliphatic carbocycles. The first kappa shape index (κ1) is 13.5. The molecule has 2 rings (SSSR count). The molecule has 1 aliphatic rings. The van der Waals surface area contributed by atoms with Crippen LogP contribution in [0.2, 0.25) is 0 Å². The Morgan fingerprint density at radius 1 is 1.63 bits per heavy atom. The number of rotatable bonds is 2. The van der Waals surface area contributed by atoms with Gasteiger partial charge in [-0.05, 0) is 0 Å². The summed E-state index contributed by atoms with van der Waals surface area (Å²) in [5.41, 5.74) is 2.84. The Bertz CT molecular complexity index is 630. The number of ether oxygens (including phenoxy) is 1. The third-order valence-corrected chi connectivity index (χ3v) is 3.09. The summed E-state index contributed by atoms with van der Waals surface area (Å²) < 4.78 is 6.28. The largest absolute Gasteiger partial charge is 0.394 e. The fourth-order valence-corrected chi connectivity index (χ4v) is 2.01. The second-order valence-corrected chi connectivity index (χ2v) is 4.25. The van der Waals surface area contributed by atoms with Crippen LogP contribution in [0.25, 0.3) is 0 Å². The first-order valence-corrected chi connectivity index (χ1v) is 5.46. The van der Waals surface area contributed by atoms with Gasteiger partial charge in [0.25, 0.3) is 5.56 Å². The van der Waals surface area contributed by atoms with Gasteiger partial charge in [0.15, 0.2) is 11.8 Å². The normalized spacial score (nSPS) is 34.1. The van der Waals surface area contributed by atoms with Gasteiger partial charge < -0.3 is 20.7 Å². The molecule has 8 heteroatoms. The molecule has 5 N–H and O–H groups in total. The molecule has 19 heavy (non-hydrogen) atoms. The van der Waals surface area contributed by atoms with Gasteiger partial charge in [0, 0.05) is 12.3 Å². The number of nitrogens with two attached hydrogens (primary N) is 1. The van der Waals surface area contributed by atoms with Crippen molar-refractivity contribution in [2.45, 2.75) is 24.0 Å². The van der Waals surface area contributed by atoms with Gasteiger partial charge in [0.2, 0.25) is 0 Å². The summed E-state index contributed by atoms with van der Waals surface area (Å²) in [4.78, 5) is 24.7. The molecule has 8 nitrogen and oxygen atoms in total. The van der Waals surface area contributed by atoms with Crippen molar-refractivity contribution in [1.82, 2.24) is 9.55 Å². The van der Waals surface area contributed by atoms with E-state index in [9.17, 15) is 14.7 Å². The number of nitrogens with one attached hydrogen (secondary N) is 1. The molecule has 2 heterocycles. The second kappa shape index (κ2) is 4.64. The molecular weight excluding hydrogens is 254 g/mol. The van der Waals surface area contributed by atoms with Crippen LogP contribution in [-0.2, 0) is 4.74 Å². The smallest absolute Gasteiger partial charge is 0.330 e. The number of terminal acetylenes is 1. The highest BCUT2D eigenvalue weighted by atomic mass is 16.5. The molecule has 102 valence electrons. The Labute approximate surface area is 107 Å². The molecule has 0 saturated carbocycles. The minimum atomic E-state index is -1.69. The van der Waals surface area contributed by atoms with Gasteiger partial charge in [-0.25, -0.2) is 4.79 Å². The minimum Gasteiger partial charge on any atom is -0.394 e. The van der Waals surface area contributed by atoms with Crippen LogP contribution in [0.15, 0.2) is 21.9 Å². The van der Waals surface area contributed by atoms with Crippen molar-refractivity contribution in [1.29, 1.82) is 0 Å². The summed E-state index contributed by atoms with van der Waals surface area (Å²) in [6.07, 6.45) is 2.93. The molecular formula is C11H13N3O5. The Morgan fingerprint density at radius 3 is 2.84 bits per heavy atom. The zero-order chi connectivity index (χ0) is 14.2. The van der Waals surface area contributed by atoms with E-state index in [1.807, 2.05) is 4.98 Å². The SMILES string of the molecule is C#CC1(N)[C@@H](O)[C@@H](CO)O[C@H]1n1ccc(=O)[nH]c1=O. The summed E-state index contributed by atoms with van der Waals surface area (Å²) in [6, 6.07) is 1.10. The molecule has 0 amide bonds. The van der Waals surface area contributed by atoms with Crippen molar-refractivity contribution in [3.63, 3.8) is 0 Å². The molecule has 1 saturated heterocycles. The van der Waals surface area contributed by atoms with Crippen molar-refractivity contribution in [3.8, 4) is 12.3 Å². The number of hydrogen-bond donors (Lipinski definition) is 4. The maximum absolute atomic E-state index is 11.7. The van der Waals surface area contributed by atoms with Crippen LogP contribution in [0, 0.1) is 12.3 Å². The van der Waals surface area contributed by atoms with E-state index >= 15 is 0 Å². The third-order valence-electron chi connectivity index (χ3n) is 3.09. The quantitative estimate of drug-likeness (QED) is 0.426. The molecule has 1 unspecified atom stereocenters. The molecule has 1 fully saturated rings. The van der Waals surface area contributed by atoms with Gasteiger partial charge in [-0.3, -0.25) is 14.3 Å². The van der Waals surface area contributed by atoms with Crippen LogP contribution >= 0.6 is 0 Å². The number of aromatic amines is 1. The number of nitrogens with zero attached hydrogens (tertiary/aromatic N) is 1. The fourth-order valence-electron chi connectivity index (χ4n) is 2.01. The van der Waals surface area contributed by atoms with Crippen molar-refractivity contribution in [2.75, 3.05) is 6.61 Å². The maximum atomic E-state index is 11.7. The summed E-state index contributed by atoms with van der Waals surface area (Å²) in [6.45, 7) is -0.504. The molecule has 1 aromatic heterocycles.